The average molecular weight is 419 g/mol. The van der Waals surface area contributed by atoms with E-state index in [1.807, 2.05) is 24.3 Å². The molecule has 148 valence electrons. The fourth-order valence-corrected chi connectivity index (χ4v) is 6.00. The fourth-order valence-electron chi connectivity index (χ4n) is 4.31. The van der Waals surface area contributed by atoms with Gasteiger partial charge in [0.05, 0.1) is 16.9 Å². The molecule has 0 spiro atoms. The van der Waals surface area contributed by atoms with Crippen molar-refractivity contribution in [3.05, 3.63) is 59.1 Å². The van der Waals surface area contributed by atoms with Crippen LogP contribution in [0, 0.1) is 0 Å². The number of rotatable bonds is 4. The molecule has 0 atom stereocenters. The van der Waals surface area contributed by atoms with Crippen LogP contribution in [0.15, 0.2) is 48.5 Å². The Morgan fingerprint density at radius 2 is 1.75 bits per heavy atom. The Bertz CT molecular complexity index is 983. The molecular weight excluding hydrogens is 396 g/mol. The van der Waals surface area contributed by atoms with E-state index in [0.717, 1.165) is 31.2 Å². The first-order valence-corrected chi connectivity index (χ1v) is 11.6. The lowest BCUT2D eigenvalue weighted by Gasteiger charge is -2.28. The highest BCUT2D eigenvalue weighted by atomic mass is 35.5. The summed E-state index contributed by atoms with van der Waals surface area (Å²) in [5.41, 5.74) is 1.62. The molecule has 4 rings (SSSR count). The van der Waals surface area contributed by atoms with E-state index in [4.69, 9.17) is 11.6 Å². The van der Waals surface area contributed by atoms with Gasteiger partial charge < -0.3 is 5.32 Å². The molecule has 28 heavy (non-hydrogen) atoms. The lowest BCUT2D eigenvalue weighted by atomic mass is 9.78. The van der Waals surface area contributed by atoms with E-state index in [1.165, 1.54) is 4.31 Å². The predicted molar refractivity (Wildman–Crippen MR) is 112 cm³/mol. The monoisotopic (exact) mass is 418 g/mol. The van der Waals surface area contributed by atoms with Crippen molar-refractivity contribution >= 4 is 38.9 Å². The highest BCUT2D eigenvalue weighted by Gasteiger charge is 2.42. The number of carbonyl (C=O) groups is 1. The molecule has 0 aromatic heterocycles. The van der Waals surface area contributed by atoms with Gasteiger partial charge in [-0.2, -0.15) is 0 Å². The molecule has 0 unspecified atom stereocenters. The van der Waals surface area contributed by atoms with E-state index in [0.29, 0.717) is 29.4 Å². The molecule has 1 aliphatic heterocycles. The quantitative estimate of drug-likeness (QED) is 0.803. The number of hydrogen-bond donors (Lipinski definition) is 1. The Morgan fingerprint density at radius 3 is 2.39 bits per heavy atom. The van der Waals surface area contributed by atoms with Gasteiger partial charge in [0.1, 0.15) is 0 Å². The molecule has 1 heterocycles. The second kappa shape index (κ2) is 7.41. The number of anilines is 2. The molecule has 2 fully saturated rings. The Morgan fingerprint density at radius 1 is 1.04 bits per heavy atom. The summed E-state index contributed by atoms with van der Waals surface area (Å²) < 4.78 is 25.8. The van der Waals surface area contributed by atoms with Crippen molar-refractivity contribution in [2.24, 2.45) is 0 Å². The van der Waals surface area contributed by atoms with Crippen LogP contribution in [0.3, 0.4) is 0 Å². The summed E-state index contributed by atoms with van der Waals surface area (Å²) in [7, 11) is -3.25. The lowest BCUT2D eigenvalue weighted by Crippen LogP contribution is -2.38. The van der Waals surface area contributed by atoms with Crippen LogP contribution < -0.4 is 9.62 Å². The van der Waals surface area contributed by atoms with Gasteiger partial charge in [0.15, 0.2) is 0 Å². The number of benzene rings is 2. The Kier molecular flexibility index (Phi) is 5.10. The van der Waals surface area contributed by atoms with Crippen LogP contribution in [0.1, 0.15) is 37.7 Å². The summed E-state index contributed by atoms with van der Waals surface area (Å²) in [4.78, 5) is 13.3. The first-order valence-electron chi connectivity index (χ1n) is 9.59. The van der Waals surface area contributed by atoms with Crippen molar-refractivity contribution in [3.8, 4) is 0 Å². The van der Waals surface area contributed by atoms with Crippen molar-refractivity contribution in [2.75, 3.05) is 21.9 Å². The Hall–Kier alpha value is -2.05. The van der Waals surface area contributed by atoms with Gasteiger partial charge >= 0.3 is 0 Å². The zero-order valence-corrected chi connectivity index (χ0v) is 17.1. The summed E-state index contributed by atoms with van der Waals surface area (Å²) >= 11 is 6.02. The molecule has 1 amide bonds. The topological polar surface area (TPSA) is 66.5 Å². The van der Waals surface area contributed by atoms with Crippen molar-refractivity contribution in [1.29, 1.82) is 0 Å². The number of sulfonamides is 1. The number of nitrogens with one attached hydrogen (secondary N) is 1. The zero-order valence-electron chi connectivity index (χ0n) is 15.5. The van der Waals surface area contributed by atoms with Gasteiger partial charge in [0, 0.05) is 17.3 Å². The highest BCUT2D eigenvalue weighted by molar-refractivity contribution is 7.93. The molecule has 2 aromatic rings. The summed E-state index contributed by atoms with van der Waals surface area (Å²) in [6.07, 6.45) is 4.21. The predicted octanol–water partition coefficient (Wildman–Crippen LogP) is 4.33. The van der Waals surface area contributed by atoms with Crippen molar-refractivity contribution in [2.45, 2.75) is 37.5 Å². The third kappa shape index (κ3) is 3.51. The molecule has 1 saturated carbocycles. The molecule has 0 radical (unpaired) electrons. The highest BCUT2D eigenvalue weighted by Crippen LogP contribution is 2.42. The van der Waals surface area contributed by atoms with E-state index < -0.39 is 15.4 Å². The van der Waals surface area contributed by atoms with Gasteiger partial charge in [-0.25, -0.2) is 8.42 Å². The number of nitrogens with zero attached hydrogens (tertiary/aromatic N) is 1. The summed E-state index contributed by atoms with van der Waals surface area (Å²) in [5.74, 6) is 0.122. The maximum atomic E-state index is 13.3. The normalized spacial score (nSPS) is 20.2. The molecule has 1 N–H and O–H groups in total. The number of hydrogen-bond acceptors (Lipinski definition) is 3. The van der Waals surface area contributed by atoms with Gasteiger partial charge in [-0.15, -0.1) is 0 Å². The Labute approximate surface area is 170 Å². The van der Waals surface area contributed by atoms with Crippen molar-refractivity contribution in [3.63, 3.8) is 0 Å². The number of amides is 1. The third-order valence-electron chi connectivity index (χ3n) is 5.78. The van der Waals surface area contributed by atoms with Gasteiger partial charge in [-0.1, -0.05) is 42.6 Å². The maximum Gasteiger partial charge on any atom is 0.235 e. The summed E-state index contributed by atoms with van der Waals surface area (Å²) in [5, 5.41) is 3.69. The largest absolute Gasteiger partial charge is 0.325 e. The van der Waals surface area contributed by atoms with Crippen LogP contribution in [-0.2, 0) is 20.2 Å². The van der Waals surface area contributed by atoms with E-state index in [-0.39, 0.29) is 11.7 Å². The van der Waals surface area contributed by atoms with Crippen LogP contribution >= 0.6 is 11.6 Å². The summed E-state index contributed by atoms with van der Waals surface area (Å²) in [6, 6.07) is 14.6. The minimum Gasteiger partial charge on any atom is -0.325 e. The molecule has 1 saturated heterocycles. The minimum atomic E-state index is -3.25. The van der Waals surface area contributed by atoms with Gasteiger partial charge in [0.2, 0.25) is 15.9 Å². The number of halogens is 1. The second-order valence-corrected chi connectivity index (χ2v) is 9.99. The third-order valence-corrected chi connectivity index (χ3v) is 7.90. The van der Waals surface area contributed by atoms with E-state index in [1.54, 1.807) is 24.3 Å². The van der Waals surface area contributed by atoms with Crippen molar-refractivity contribution < 1.29 is 13.2 Å². The van der Waals surface area contributed by atoms with Gasteiger partial charge in [0.25, 0.3) is 0 Å². The molecule has 2 aromatic carbocycles. The Balaban J connectivity index is 1.60. The van der Waals surface area contributed by atoms with Gasteiger partial charge in [-0.05, 0) is 55.2 Å². The molecular formula is C21H23ClN2O3S. The first kappa shape index (κ1) is 19.3. The average Bonchev–Trinajstić information content (AvgIpc) is 3.29. The molecule has 0 bridgehead atoms. The van der Waals surface area contributed by atoms with Crippen LogP contribution in [0.2, 0.25) is 5.02 Å². The lowest BCUT2D eigenvalue weighted by molar-refractivity contribution is -0.121. The minimum absolute atomic E-state index is 0.0475. The molecule has 1 aliphatic carbocycles. The molecule has 7 heteroatoms. The standard InChI is InChI=1S/C21H23ClN2O3S/c22-17-9-7-16(8-10-17)21(11-1-2-12-21)20(25)23-18-5-3-6-19(15-18)24-13-4-14-28(24,26)27/h3,5-10,15H,1-2,4,11-14H2,(H,23,25). The van der Waals surface area contributed by atoms with Crippen molar-refractivity contribution in [1.82, 2.24) is 0 Å². The van der Waals surface area contributed by atoms with Crippen LogP contribution in [0.4, 0.5) is 11.4 Å². The van der Waals surface area contributed by atoms with Gasteiger partial charge in [-0.3, -0.25) is 9.10 Å². The smallest absolute Gasteiger partial charge is 0.235 e. The van der Waals surface area contributed by atoms with Crippen LogP contribution in [0.5, 0.6) is 0 Å². The SMILES string of the molecule is O=C(Nc1cccc(N2CCCS2(=O)=O)c1)C1(c2ccc(Cl)cc2)CCCC1. The van der Waals surface area contributed by atoms with Crippen LogP contribution in [0.25, 0.3) is 0 Å². The first-order chi connectivity index (χ1) is 13.4. The molecule has 5 nitrogen and oxygen atoms in total. The van der Waals surface area contributed by atoms with E-state index >= 15 is 0 Å². The molecule has 2 aliphatic rings. The second-order valence-electron chi connectivity index (χ2n) is 7.54. The maximum absolute atomic E-state index is 13.3. The number of carbonyl (C=O) groups excluding carboxylic acids is 1. The zero-order chi connectivity index (χ0) is 19.8. The van der Waals surface area contributed by atoms with E-state index in [2.05, 4.69) is 5.32 Å². The van der Waals surface area contributed by atoms with Crippen LogP contribution in [-0.4, -0.2) is 26.6 Å². The fraction of sp³-hybridized carbons (Fsp3) is 0.381. The summed E-state index contributed by atoms with van der Waals surface area (Å²) in [6.45, 7) is 0.481. The van der Waals surface area contributed by atoms with E-state index in [9.17, 15) is 13.2 Å².